The van der Waals surface area contributed by atoms with E-state index in [4.69, 9.17) is 16.3 Å². The van der Waals surface area contributed by atoms with E-state index in [1.165, 1.54) is 12.8 Å². The van der Waals surface area contributed by atoms with Crippen LogP contribution < -0.4 is 10.1 Å². The zero-order valence-corrected chi connectivity index (χ0v) is 16.2. The molecule has 140 valence electrons. The van der Waals surface area contributed by atoms with Gasteiger partial charge in [-0.15, -0.1) is 12.4 Å². The van der Waals surface area contributed by atoms with E-state index < -0.39 is 0 Å². The molecular weight excluding hydrogens is 361 g/mol. The number of ether oxygens (including phenoxy) is 1. The van der Waals surface area contributed by atoms with Crippen LogP contribution >= 0.6 is 24.0 Å². The maximum Gasteiger partial charge on any atom is 0.236 e. The molecule has 3 rings (SSSR count). The maximum absolute atomic E-state index is 12.4. The van der Waals surface area contributed by atoms with E-state index >= 15 is 0 Å². The maximum atomic E-state index is 12.4. The number of nitrogens with one attached hydrogen (secondary N) is 1. The Labute approximate surface area is 161 Å². The molecule has 1 heterocycles. The Bertz CT molecular complexity index is 575. The lowest BCUT2D eigenvalue weighted by atomic mass is 10.2. The summed E-state index contributed by atoms with van der Waals surface area (Å²) in [5.41, 5.74) is 1.04. The molecule has 2 fully saturated rings. The number of nitrogens with zero attached hydrogens (tertiary/aromatic N) is 2. The molecule has 1 saturated heterocycles. The Morgan fingerprint density at radius 1 is 1.36 bits per heavy atom. The number of halogens is 2. The van der Waals surface area contributed by atoms with Gasteiger partial charge in [0.25, 0.3) is 0 Å². The monoisotopic (exact) mass is 387 g/mol. The molecule has 0 aromatic heterocycles. The molecule has 0 bridgehead atoms. The first-order chi connectivity index (χ1) is 11.6. The zero-order valence-electron chi connectivity index (χ0n) is 14.7. The lowest BCUT2D eigenvalue weighted by Crippen LogP contribution is -2.49. The highest BCUT2D eigenvalue weighted by molar-refractivity contribution is 6.30. The Balaban J connectivity index is 0.00000225. The van der Waals surface area contributed by atoms with Crippen LogP contribution in [0.25, 0.3) is 0 Å². The highest BCUT2D eigenvalue weighted by Crippen LogP contribution is 2.31. The van der Waals surface area contributed by atoms with E-state index in [1.54, 1.807) is 0 Å². The highest BCUT2D eigenvalue weighted by Gasteiger charge is 2.23. The van der Waals surface area contributed by atoms with Gasteiger partial charge < -0.3 is 15.0 Å². The van der Waals surface area contributed by atoms with Crippen LogP contribution in [0.2, 0.25) is 5.02 Å². The van der Waals surface area contributed by atoms with Crippen molar-refractivity contribution in [3.63, 3.8) is 0 Å². The standard InChI is InChI=1S/C18H26ClN3O2.ClH/c1-21(12-18(23)22-8-6-20-7-9-22)11-15-10-16(19)4-5-17(15)24-13-14-2-3-14;/h4-5,10,14,20H,2-3,6-9,11-13H2,1H3;1H. The fraction of sp³-hybridized carbons (Fsp3) is 0.611. The first-order valence-corrected chi connectivity index (χ1v) is 9.08. The van der Waals surface area contributed by atoms with Crippen molar-refractivity contribution >= 4 is 29.9 Å². The lowest BCUT2D eigenvalue weighted by Gasteiger charge is -2.29. The fourth-order valence-corrected chi connectivity index (χ4v) is 3.09. The van der Waals surface area contributed by atoms with Crippen LogP contribution in [0.1, 0.15) is 18.4 Å². The van der Waals surface area contributed by atoms with Crippen molar-refractivity contribution in [2.75, 3.05) is 46.4 Å². The van der Waals surface area contributed by atoms with E-state index in [-0.39, 0.29) is 18.3 Å². The molecule has 25 heavy (non-hydrogen) atoms. The van der Waals surface area contributed by atoms with Gasteiger partial charge in [-0.05, 0) is 44.0 Å². The van der Waals surface area contributed by atoms with Gasteiger partial charge in [0.05, 0.1) is 13.2 Å². The summed E-state index contributed by atoms with van der Waals surface area (Å²) < 4.78 is 5.95. The minimum Gasteiger partial charge on any atom is -0.493 e. The van der Waals surface area contributed by atoms with Crippen molar-refractivity contribution in [3.8, 4) is 5.75 Å². The number of amides is 1. The molecule has 1 aromatic carbocycles. The van der Waals surface area contributed by atoms with Gasteiger partial charge in [-0.1, -0.05) is 11.6 Å². The lowest BCUT2D eigenvalue weighted by molar-refractivity contribution is -0.132. The van der Waals surface area contributed by atoms with Crippen molar-refractivity contribution in [2.24, 2.45) is 5.92 Å². The van der Waals surface area contributed by atoms with Gasteiger partial charge in [0.2, 0.25) is 5.91 Å². The molecule has 0 spiro atoms. The largest absolute Gasteiger partial charge is 0.493 e. The minimum atomic E-state index is 0. The Kier molecular flexibility index (Phi) is 7.81. The van der Waals surface area contributed by atoms with E-state index in [0.29, 0.717) is 24.0 Å². The number of likely N-dealkylation sites (N-methyl/N-ethyl adjacent to an activating group) is 1. The highest BCUT2D eigenvalue weighted by atomic mass is 35.5. The van der Waals surface area contributed by atoms with Crippen molar-refractivity contribution in [3.05, 3.63) is 28.8 Å². The summed E-state index contributed by atoms with van der Waals surface area (Å²) in [5, 5.41) is 3.97. The van der Waals surface area contributed by atoms with Crippen LogP contribution in [-0.4, -0.2) is 62.1 Å². The van der Waals surface area contributed by atoms with Crippen LogP contribution in [0.5, 0.6) is 5.75 Å². The average molecular weight is 388 g/mol. The number of carbonyl (C=O) groups excluding carboxylic acids is 1. The molecule has 0 atom stereocenters. The Hall–Kier alpha value is -1.01. The van der Waals surface area contributed by atoms with Gasteiger partial charge in [-0.25, -0.2) is 0 Å². The number of rotatable bonds is 7. The summed E-state index contributed by atoms with van der Waals surface area (Å²) >= 11 is 6.15. The van der Waals surface area contributed by atoms with E-state index in [2.05, 4.69) is 5.32 Å². The summed E-state index contributed by atoms with van der Waals surface area (Å²) in [5.74, 6) is 1.77. The number of hydrogen-bond donors (Lipinski definition) is 1. The molecule has 1 aliphatic heterocycles. The predicted octanol–water partition coefficient (Wildman–Crippen LogP) is 2.41. The predicted molar refractivity (Wildman–Crippen MR) is 103 cm³/mol. The number of hydrogen-bond acceptors (Lipinski definition) is 4. The molecular formula is C18H27Cl2N3O2. The van der Waals surface area contributed by atoms with Crippen molar-refractivity contribution in [1.29, 1.82) is 0 Å². The van der Waals surface area contributed by atoms with E-state index in [0.717, 1.165) is 44.1 Å². The van der Waals surface area contributed by atoms with Gasteiger partial charge in [0, 0.05) is 43.3 Å². The van der Waals surface area contributed by atoms with Crippen LogP contribution in [0, 0.1) is 5.92 Å². The molecule has 5 nitrogen and oxygen atoms in total. The van der Waals surface area contributed by atoms with Crippen molar-refractivity contribution in [1.82, 2.24) is 15.1 Å². The second-order valence-electron chi connectivity index (χ2n) is 6.81. The molecule has 1 amide bonds. The normalized spacial score (nSPS) is 17.3. The van der Waals surface area contributed by atoms with Crippen LogP contribution in [0.4, 0.5) is 0 Å². The zero-order chi connectivity index (χ0) is 16.9. The molecule has 1 N–H and O–H groups in total. The topological polar surface area (TPSA) is 44.8 Å². The molecule has 7 heteroatoms. The second kappa shape index (κ2) is 9.62. The van der Waals surface area contributed by atoms with Crippen molar-refractivity contribution in [2.45, 2.75) is 19.4 Å². The Morgan fingerprint density at radius 2 is 2.08 bits per heavy atom. The van der Waals surface area contributed by atoms with Gasteiger partial charge in [-0.2, -0.15) is 0 Å². The first kappa shape index (κ1) is 20.3. The first-order valence-electron chi connectivity index (χ1n) is 8.70. The Morgan fingerprint density at radius 3 is 2.76 bits per heavy atom. The van der Waals surface area contributed by atoms with E-state index in [1.807, 2.05) is 35.0 Å². The third-order valence-electron chi connectivity index (χ3n) is 4.51. The minimum absolute atomic E-state index is 0. The van der Waals surface area contributed by atoms with Gasteiger partial charge in [0.1, 0.15) is 5.75 Å². The molecule has 0 radical (unpaired) electrons. The second-order valence-corrected chi connectivity index (χ2v) is 7.25. The van der Waals surface area contributed by atoms with Crippen LogP contribution in [-0.2, 0) is 11.3 Å². The third-order valence-corrected chi connectivity index (χ3v) is 4.74. The number of benzene rings is 1. The van der Waals surface area contributed by atoms with E-state index in [9.17, 15) is 4.79 Å². The van der Waals surface area contributed by atoms with Crippen molar-refractivity contribution < 1.29 is 9.53 Å². The van der Waals surface area contributed by atoms with Gasteiger partial charge >= 0.3 is 0 Å². The summed E-state index contributed by atoms with van der Waals surface area (Å²) in [7, 11) is 1.96. The summed E-state index contributed by atoms with van der Waals surface area (Å²) in [6, 6.07) is 5.74. The summed E-state index contributed by atoms with van der Waals surface area (Å²) in [4.78, 5) is 16.3. The number of piperazine rings is 1. The molecule has 1 saturated carbocycles. The van der Waals surface area contributed by atoms with Gasteiger partial charge in [-0.3, -0.25) is 9.69 Å². The third kappa shape index (κ3) is 6.33. The molecule has 2 aliphatic rings. The fourth-order valence-electron chi connectivity index (χ4n) is 2.90. The van der Waals surface area contributed by atoms with Crippen LogP contribution in [0.3, 0.4) is 0 Å². The average Bonchev–Trinajstić information content (AvgIpc) is 3.39. The summed E-state index contributed by atoms with van der Waals surface area (Å²) in [6.45, 7) is 5.18. The van der Waals surface area contributed by atoms with Gasteiger partial charge in [0.15, 0.2) is 0 Å². The quantitative estimate of drug-likeness (QED) is 0.779. The summed E-state index contributed by atoms with van der Waals surface area (Å²) in [6.07, 6.45) is 2.53. The van der Waals surface area contributed by atoms with Crippen LogP contribution in [0.15, 0.2) is 18.2 Å². The molecule has 1 aromatic rings. The number of carbonyl (C=O) groups is 1. The molecule has 0 unspecified atom stereocenters. The smallest absolute Gasteiger partial charge is 0.236 e. The SMILES string of the molecule is CN(CC(=O)N1CCNCC1)Cc1cc(Cl)ccc1OCC1CC1.Cl. The molecule has 1 aliphatic carbocycles.